The molecule has 0 heterocycles. The summed E-state index contributed by atoms with van der Waals surface area (Å²) in [5, 5.41) is 21.6. The van der Waals surface area contributed by atoms with Gasteiger partial charge < -0.3 is 19.5 Å². The van der Waals surface area contributed by atoms with Crippen LogP contribution in [0.2, 0.25) is 0 Å². The third-order valence-electron chi connectivity index (χ3n) is 3.35. The van der Waals surface area contributed by atoms with Crippen molar-refractivity contribution in [3.63, 3.8) is 0 Å². The number of nitrogens with zero attached hydrogens (tertiary/aromatic N) is 2. The molecular formula is C17H14FN3O3. The van der Waals surface area contributed by atoms with E-state index >= 15 is 0 Å². The highest BCUT2D eigenvalue weighted by atomic mass is 19.1. The number of hydrogen-bond donors (Lipinski definition) is 1. The van der Waals surface area contributed by atoms with Crippen LogP contribution < -0.4 is 19.5 Å². The molecule has 1 N–H and O–H groups in total. The fourth-order valence-electron chi connectivity index (χ4n) is 2.27. The smallest absolute Gasteiger partial charge is 0.200 e. The Kier molecular flexibility index (Phi) is 5.08. The minimum Gasteiger partial charge on any atom is -0.495 e. The minimum absolute atomic E-state index is 0.0172. The molecule has 0 saturated carbocycles. The molecule has 0 aliphatic heterocycles. The number of rotatable bonds is 5. The molecule has 0 saturated heterocycles. The van der Waals surface area contributed by atoms with E-state index in [9.17, 15) is 14.9 Å². The summed E-state index contributed by atoms with van der Waals surface area (Å²) in [4.78, 5) is 0. The van der Waals surface area contributed by atoms with Gasteiger partial charge in [-0.2, -0.15) is 10.5 Å². The van der Waals surface area contributed by atoms with Crippen LogP contribution in [0.5, 0.6) is 17.2 Å². The van der Waals surface area contributed by atoms with Crippen LogP contribution in [0.3, 0.4) is 0 Å². The first kappa shape index (κ1) is 16.9. The molecule has 0 spiro atoms. The number of nitrogens with one attached hydrogen (secondary N) is 1. The molecule has 2 aromatic rings. The number of para-hydroxylation sites is 2. The van der Waals surface area contributed by atoms with Crippen molar-refractivity contribution >= 4 is 11.4 Å². The van der Waals surface area contributed by atoms with Crippen molar-refractivity contribution in [3.05, 3.63) is 41.2 Å². The maximum Gasteiger partial charge on any atom is 0.200 e. The molecule has 0 aliphatic rings. The predicted molar refractivity (Wildman–Crippen MR) is 85.2 cm³/mol. The maximum absolute atomic E-state index is 14.4. The molecule has 0 fully saturated rings. The Bertz CT molecular complexity index is 854. The Hall–Kier alpha value is -3.45. The van der Waals surface area contributed by atoms with E-state index in [-0.39, 0.29) is 22.7 Å². The maximum atomic E-state index is 14.4. The van der Waals surface area contributed by atoms with Crippen LogP contribution in [0.25, 0.3) is 0 Å². The van der Waals surface area contributed by atoms with E-state index in [0.29, 0.717) is 11.4 Å². The van der Waals surface area contributed by atoms with Crippen molar-refractivity contribution in [1.82, 2.24) is 0 Å². The number of halogens is 1. The van der Waals surface area contributed by atoms with Crippen molar-refractivity contribution in [1.29, 1.82) is 10.5 Å². The third kappa shape index (κ3) is 2.75. The van der Waals surface area contributed by atoms with Crippen LogP contribution >= 0.6 is 0 Å². The lowest BCUT2D eigenvalue weighted by Gasteiger charge is -2.18. The summed E-state index contributed by atoms with van der Waals surface area (Å²) in [5.41, 5.74) is 0.0396. The van der Waals surface area contributed by atoms with Gasteiger partial charge in [-0.1, -0.05) is 12.1 Å². The Morgan fingerprint density at radius 3 is 2.08 bits per heavy atom. The van der Waals surface area contributed by atoms with Gasteiger partial charge in [-0.15, -0.1) is 0 Å². The van der Waals surface area contributed by atoms with Crippen molar-refractivity contribution in [3.8, 4) is 29.4 Å². The van der Waals surface area contributed by atoms with Gasteiger partial charge in [0, 0.05) is 0 Å². The molecule has 6 nitrogen and oxygen atoms in total. The van der Waals surface area contributed by atoms with Gasteiger partial charge in [0.15, 0.2) is 11.6 Å². The second kappa shape index (κ2) is 7.21. The molecule has 0 aliphatic carbocycles. The lowest BCUT2D eigenvalue weighted by atomic mass is 10.0. The van der Waals surface area contributed by atoms with E-state index in [0.717, 1.165) is 0 Å². The number of methoxy groups -OCH3 is 3. The summed E-state index contributed by atoms with van der Waals surface area (Å²) in [6, 6.07) is 10.5. The van der Waals surface area contributed by atoms with Gasteiger partial charge in [0.25, 0.3) is 0 Å². The fourth-order valence-corrected chi connectivity index (χ4v) is 2.27. The molecule has 2 rings (SSSR count). The van der Waals surface area contributed by atoms with Crippen LogP contribution in [0.15, 0.2) is 24.3 Å². The number of ether oxygens (including phenoxy) is 3. The summed E-state index contributed by atoms with van der Waals surface area (Å²) < 4.78 is 29.9. The second-order valence-electron chi connectivity index (χ2n) is 4.55. The van der Waals surface area contributed by atoms with Crippen molar-refractivity contribution in [2.45, 2.75) is 0 Å². The number of hydrogen-bond acceptors (Lipinski definition) is 6. The van der Waals surface area contributed by atoms with Crippen LogP contribution in [-0.2, 0) is 0 Å². The number of nitriles is 2. The average Bonchev–Trinajstić information content (AvgIpc) is 2.62. The van der Waals surface area contributed by atoms with Gasteiger partial charge in [0.1, 0.15) is 34.7 Å². The number of benzene rings is 2. The van der Waals surface area contributed by atoms with Crippen LogP contribution in [0, 0.1) is 28.5 Å². The topological polar surface area (TPSA) is 87.3 Å². The van der Waals surface area contributed by atoms with Crippen molar-refractivity contribution < 1.29 is 18.6 Å². The minimum atomic E-state index is -0.945. The summed E-state index contributed by atoms with van der Waals surface area (Å²) in [7, 11) is 4.06. The van der Waals surface area contributed by atoms with E-state index in [1.807, 2.05) is 6.07 Å². The van der Waals surface area contributed by atoms with Crippen LogP contribution in [0.4, 0.5) is 15.8 Å². The molecule has 24 heavy (non-hydrogen) atoms. The van der Waals surface area contributed by atoms with Gasteiger partial charge in [-0.3, -0.25) is 0 Å². The zero-order valence-corrected chi connectivity index (χ0v) is 13.3. The van der Waals surface area contributed by atoms with Crippen LogP contribution in [0.1, 0.15) is 11.1 Å². The SMILES string of the molecule is COc1ccccc1Nc1c(C#N)c(C#N)c(F)c(OC)c1OC. The molecule has 0 amide bonds. The highest BCUT2D eigenvalue weighted by Gasteiger charge is 2.26. The first-order valence-corrected chi connectivity index (χ1v) is 6.80. The van der Waals surface area contributed by atoms with Gasteiger partial charge in [-0.25, -0.2) is 4.39 Å². The standard InChI is InChI=1S/C17H14FN3O3/c1-22-13-7-5-4-6-12(13)21-15-11(9-20)10(8-19)14(18)16(23-2)17(15)24-3/h4-7,21H,1-3H3. The molecule has 0 aromatic heterocycles. The Morgan fingerprint density at radius 2 is 1.54 bits per heavy atom. The Balaban J connectivity index is 2.77. The first-order chi connectivity index (χ1) is 11.6. The highest BCUT2D eigenvalue weighted by Crippen LogP contribution is 2.44. The highest BCUT2D eigenvalue weighted by molar-refractivity contribution is 5.81. The molecule has 0 unspecified atom stereocenters. The molecule has 122 valence electrons. The molecule has 0 bridgehead atoms. The lowest BCUT2D eigenvalue weighted by Crippen LogP contribution is -2.06. The average molecular weight is 327 g/mol. The second-order valence-corrected chi connectivity index (χ2v) is 4.55. The molecule has 0 atom stereocenters. The van der Waals surface area contributed by atoms with Crippen LogP contribution in [-0.4, -0.2) is 21.3 Å². The molecular weight excluding hydrogens is 313 g/mol. The fraction of sp³-hybridized carbons (Fsp3) is 0.176. The zero-order chi connectivity index (χ0) is 17.7. The lowest BCUT2D eigenvalue weighted by molar-refractivity contribution is 0.338. The van der Waals surface area contributed by atoms with E-state index in [2.05, 4.69) is 5.32 Å². The van der Waals surface area contributed by atoms with Gasteiger partial charge >= 0.3 is 0 Å². The predicted octanol–water partition coefficient (Wildman–Crippen LogP) is 3.34. The van der Waals surface area contributed by atoms with Gasteiger partial charge in [0.2, 0.25) is 5.75 Å². The monoisotopic (exact) mass is 327 g/mol. The van der Waals surface area contributed by atoms with Crippen molar-refractivity contribution in [2.75, 3.05) is 26.6 Å². The summed E-state index contributed by atoms with van der Waals surface area (Å²) in [6.45, 7) is 0. The quantitative estimate of drug-likeness (QED) is 0.906. The largest absolute Gasteiger partial charge is 0.495 e. The molecule has 7 heteroatoms. The molecule has 2 aromatic carbocycles. The normalized spacial score (nSPS) is 9.58. The third-order valence-corrected chi connectivity index (χ3v) is 3.35. The first-order valence-electron chi connectivity index (χ1n) is 6.80. The van der Waals surface area contributed by atoms with Gasteiger partial charge in [0.05, 0.1) is 27.0 Å². The van der Waals surface area contributed by atoms with Gasteiger partial charge in [-0.05, 0) is 12.1 Å². The summed E-state index contributed by atoms with van der Waals surface area (Å²) >= 11 is 0. The Labute approximate surface area is 138 Å². The molecule has 0 radical (unpaired) electrons. The number of anilines is 2. The van der Waals surface area contributed by atoms with E-state index in [1.165, 1.54) is 21.3 Å². The van der Waals surface area contributed by atoms with E-state index < -0.39 is 11.4 Å². The van der Waals surface area contributed by atoms with Crippen molar-refractivity contribution in [2.24, 2.45) is 0 Å². The van der Waals surface area contributed by atoms with E-state index in [1.54, 1.807) is 30.3 Å². The summed E-state index contributed by atoms with van der Waals surface area (Å²) in [6.07, 6.45) is 0. The Morgan fingerprint density at radius 1 is 0.917 bits per heavy atom. The zero-order valence-electron chi connectivity index (χ0n) is 13.3. The van der Waals surface area contributed by atoms with E-state index in [4.69, 9.17) is 14.2 Å². The summed E-state index contributed by atoms with van der Waals surface area (Å²) in [5.74, 6) is -0.717.